The predicted octanol–water partition coefficient (Wildman–Crippen LogP) is 5.36. The lowest BCUT2D eigenvalue weighted by Crippen LogP contribution is -2.39. The number of hydrogen-bond donors (Lipinski definition) is 2. The molecule has 0 spiro atoms. The molecule has 0 radical (unpaired) electrons. The number of β-amino-alcohol motifs (C(OH)–C–C–N with tert-alkyl or cyclic N) is 1. The van der Waals surface area contributed by atoms with Gasteiger partial charge in [0.05, 0.1) is 41.7 Å². The molecule has 11 heteroatoms. The van der Waals surface area contributed by atoms with Crippen LogP contribution in [0.1, 0.15) is 55.3 Å². The maximum Gasteiger partial charge on any atom is 0.391 e. The molecule has 1 saturated carbocycles. The van der Waals surface area contributed by atoms with Crippen LogP contribution in [0.25, 0.3) is 10.9 Å². The molecule has 3 heterocycles. The van der Waals surface area contributed by atoms with Crippen molar-refractivity contribution in [3.63, 3.8) is 0 Å². The predicted molar refractivity (Wildman–Crippen MR) is 128 cm³/mol. The molecular weight excluding hydrogens is 481 g/mol. The molecule has 2 aliphatic rings. The molecule has 2 aromatic heterocycles. The number of nitrogens with zero attached hydrogens (tertiary/aromatic N) is 5. The summed E-state index contributed by atoms with van der Waals surface area (Å²) in [6, 6.07) is 4.35. The summed E-state index contributed by atoms with van der Waals surface area (Å²) in [6.45, 7) is 3.27. The van der Waals surface area contributed by atoms with Gasteiger partial charge in [0.2, 0.25) is 5.95 Å². The Balaban J connectivity index is 1.27. The Labute approximate surface area is 206 Å². The van der Waals surface area contributed by atoms with Gasteiger partial charge in [-0.1, -0.05) is 11.6 Å². The highest BCUT2D eigenvalue weighted by Crippen LogP contribution is 2.38. The van der Waals surface area contributed by atoms with Gasteiger partial charge < -0.3 is 15.3 Å². The van der Waals surface area contributed by atoms with E-state index in [2.05, 4.69) is 15.4 Å². The number of hydrogen-bond acceptors (Lipinski definition) is 6. The molecule has 5 rings (SSSR count). The van der Waals surface area contributed by atoms with Crippen LogP contribution in [0.15, 0.2) is 24.5 Å². The lowest BCUT2D eigenvalue weighted by Gasteiger charge is -2.33. The summed E-state index contributed by atoms with van der Waals surface area (Å²) < 4.78 is 39.6. The molecule has 1 atom stereocenters. The van der Waals surface area contributed by atoms with Crippen LogP contribution in [-0.4, -0.2) is 61.7 Å². The third kappa shape index (κ3) is 5.70. The first kappa shape index (κ1) is 24.3. The van der Waals surface area contributed by atoms with Gasteiger partial charge in [-0.15, -0.1) is 0 Å². The standard InChI is InChI=1S/C24H28ClF3N6O/c1-14-22(12-30-34(14)17-2-3-17)32-23-29-11-16-8-20(25)19(9-21(16)31-23)15-4-6-33(7-5-15)13-18(35)10-24(26,27)28/h8-9,11-12,15,17-18,35H,2-7,10,13H2,1H3,(H,29,31,32). The number of halogens is 4. The van der Waals surface area contributed by atoms with E-state index in [-0.39, 0.29) is 12.5 Å². The molecule has 7 nitrogen and oxygen atoms in total. The lowest BCUT2D eigenvalue weighted by molar-refractivity contribution is -0.155. The molecule has 0 amide bonds. The summed E-state index contributed by atoms with van der Waals surface area (Å²) in [5.41, 5.74) is 3.69. The fraction of sp³-hybridized carbons (Fsp3) is 0.542. The molecule has 1 unspecified atom stereocenters. The minimum Gasteiger partial charge on any atom is -0.391 e. The van der Waals surface area contributed by atoms with Gasteiger partial charge in [-0.05, 0) is 69.3 Å². The summed E-state index contributed by atoms with van der Waals surface area (Å²) in [6.07, 6.45) is 0.413. The molecule has 1 saturated heterocycles. The van der Waals surface area contributed by atoms with Gasteiger partial charge in [0.15, 0.2) is 0 Å². The summed E-state index contributed by atoms with van der Waals surface area (Å²) in [4.78, 5) is 11.0. The average Bonchev–Trinajstić information content (AvgIpc) is 3.57. The highest BCUT2D eigenvalue weighted by atomic mass is 35.5. The zero-order valence-electron chi connectivity index (χ0n) is 19.4. The highest BCUT2D eigenvalue weighted by molar-refractivity contribution is 6.32. The summed E-state index contributed by atoms with van der Waals surface area (Å²) >= 11 is 6.60. The number of aliphatic hydroxyl groups excluding tert-OH is 1. The van der Waals surface area contributed by atoms with E-state index in [9.17, 15) is 18.3 Å². The molecule has 35 heavy (non-hydrogen) atoms. The largest absolute Gasteiger partial charge is 0.391 e. The van der Waals surface area contributed by atoms with Crippen molar-refractivity contribution in [2.24, 2.45) is 0 Å². The Morgan fingerprint density at radius 1 is 1.17 bits per heavy atom. The van der Waals surface area contributed by atoms with Gasteiger partial charge in [0.1, 0.15) is 0 Å². The molecule has 1 aliphatic carbocycles. The third-order valence-electron chi connectivity index (χ3n) is 6.85. The van der Waals surface area contributed by atoms with Crippen molar-refractivity contribution in [1.82, 2.24) is 24.6 Å². The van der Waals surface area contributed by atoms with Crippen molar-refractivity contribution < 1.29 is 18.3 Å². The van der Waals surface area contributed by atoms with Gasteiger partial charge >= 0.3 is 6.18 Å². The van der Waals surface area contributed by atoms with E-state index >= 15 is 0 Å². The van der Waals surface area contributed by atoms with Gasteiger partial charge in [-0.25, -0.2) is 9.97 Å². The molecule has 0 bridgehead atoms. The Morgan fingerprint density at radius 2 is 1.91 bits per heavy atom. The Kier molecular flexibility index (Phi) is 6.63. The van der Waals surface area contributed by atoms with Gasteiger partial charge in [-0.2, -0.15) is 18.3 Å². The van der Waals surface area contributed by atoms with E-state index in [1.54, 1.807) is 12.4 Å². The summed E-state index contributed by atoms with van der Waals surface area (Å²) in [5, 5.41) is 19.0. The number of aliphatic hydroxyl groups is 1. The number of nitrogens with one attached hydrogen (secondary N) is 1. The smallest absolute Gasteiger partial charge is 0.391 e. The summed E-state index contributed by atoms with van der Waals surface area (Å²) in [7, 11) is 0. The molecule has 188 valence electrons. The topological polar surface area (TPSA) is 79.1 Å². The Morgan fingerprint density at radius 3 is 2.60 bits per heavy atom. The van der Waals surface area contributed by atoms with E-state index < -0.39 is 18.7 Å². The van der Waals surface area contributed by atoms with Gasteiger partial charge in [0.25, 0.3) is 0 Å². The second-order valence-electron chi connectivity index (χ2n) is 9.62. The van der Waals surface area contributed by atoms with Crippen LogP contribution in [0.3, 0.4) is 0 Å². The maximum atomic E-state index is 12.5. The van der Waals surface area contributed by atoms with Crippen LogP contribution in [0, 0.1) is 6.92 Å². The number of aromatic nitrogens is 4. The van der Waals surface area contributed by atoms with E-state index in [4.69, 9.17) is 16.6 Å². The lowest BCUT2D eigenvalue weighted by atomic mass is 9.88. The number of benzene rings is 1. The van der Waals surface area contributed by atoms with Crippen LogP contribution in [0.2, 0.25) is 5.02 Å². The van der Waals surface area contributed by atoms with Crippen molar-refractivity contribution in [2.45, 2.75) is 63.3 Å². The Hall–Kier alpha value is -2.43. The van der Waals surface area contributed by atoms with Crippen LogP contribution in [0.4, 0.5) is 24.8 Å². The van der Waals surface area contributed by atoms with E-state index in [0.29, 0.717) is 30.1 Å². The molecule has 1 aromatic carbocycles. The maximum absolute atomic E-state index is 12.5. The van der Waals surface area contributed by atoms with Crippen LogP contribution in [0.5, 0.6) is 0 Å². The number of alkyl halides is 3. The highest BCUT2D eigenvalue weighted by Gasteiger charge is 2.33. The zero-order chi connectivity index (χ0) is 24.7. The summed E-state index contributed by atoms with van der Waals surface area (Å²) in [5.74, 6) is 0.658. The van der Waals surface area contributed by atoms with Crippen LogP contribution < -0.4 is 5.32 Å². The van der Waals surface area contributed by atoms with Crippen molar-refractivity contribution in [2.75, 3.05) is 25.0 Å². The second kappa shape index (κ2) is 9.55. The number of fused-ring (bicyclic) bond motifs is 1. The van der Waals surface area contributed by atoms with Gasteiger partial charge in [0, 0.05) is 23.2 Å². The molecule has 2 fully saturated rings. The van der Waals surface area contributed by atoms with Crippen LogP contribution in [-0.2, 0) is 0 Å². The fourth-order valence-electron chi connectivity index (χ4n) is 4.85. The molecule has 1 aliphatic heterocycles. The normalized spacial score (nSPS) is 18.8. The van der Waals surface area contributed by atoms with Crippen molar-refractivity contribution in [3.05, 3.63) is 40.8 Å². The van der Waals surface area contributed by atoms with E-state index in [1.165, 1.54) is 0 Å². The zero-order valence-corrected chi connectivity index (χ0v) is 20.1. The molecule has 3 aromatic rings. The first-order valence-corrected chi connectivity index (χ1v) is 12.3. The quantitative estimate of drug-likeness (QED) is 0.447. The SMILES string of the molecule is Cc1c(Nc2ncc3cc(Cl)c(C4CCN(CC(O)CC(F)(F)F)CC4)cc3n2)cnn1C1CC1. The van der Waals surface area contributed by atoms with E-state index in [1.807, 2.05) is 28.6 Å². The van der Waals surface area contributed by atoms with Crippen molar-refractivity contribution >= 4 is 34.1 Å². The first-order chi connectivity index (χ1) is 16.7. The number of piperidine rings is 1. The average molecular weight is 509 g/mol. The molecular formula is C24H28ClF3N6O. The van der Waals surface area contributed by atoms with Crippen molar-refractivity contribution in [3.8, 4) is 0 Å². The van der Waals surface area contributed by atoms with Gasteiger partial charge in [-0.3, -0.25) is 4.68 Å². The monoisotopic (exact) mass is 508 g/mol. The Bertz CT molecular complexity index is 1200. The minimum absolute atomic E-state index is 0.0245. The second-order valence-corrected chi connectivity index (χ2v) is 10.0. The number of likely N-dealkylation sites (tertiary alicyclic amines) is 1. The third-order valence-corrected chi connectivity index (χ3v) is 7.17. The van der Waals surface area contributed by atoms with E-state index in [0.717, 1.165) is 53.5 Å². The number of rotatable bonds is 7. The number of anilines is 2. The van der Waals surface area contributed by atoms with Crippen LogP contribution >= 0.6 is 11.6 Å². The minimum atomic E-state index is -4.36. The first-order valence-electron chi connectivity index (χ1n) is 11.9. The molecule has 2 N–H and O–H groups in total. The fourth-order valence-corrected chi connectivity index (χ4v) is 5.18. The van der Waals surface area contributed by atoms with Crippen molar-refractivity contribution in [1.29, 1.82) is 0 Å².